The van der Waals surface area contributed by atoms with Gasteiger partial charge in [0.15, 0.2) is 0 Å². The second-order valence-corrected chi connectivity index (χ2v) is 4.70. The predicted molar refractivity (Wildman–Crippen MR) is 52.2 cm³/mol. The summed E-state index contributed by atoms with van der Waals surface area (Å²) in [4.78, 5) is 0. The standard InChI is InChI=1S/C9H11FO4S/c1-15(12,13)14-6-9(11)7-2-4-8(10)5-3-7/h2-5,9,11H,6H2,1H3/t9-/m1/s1. The van der Waals surface area contributed by atoms with Crippen LogP contribution in [-0.4, -0.2) is 26.4 Å². The Morgan fingerprint density at radius 3 is 2.40 bits per heavy atom. The lowest BCUT2D eigenvalue weighted by Crippen LogP contribution is -2.11. The molecule has 0 saturated carbocycles. The lowest BCUT2D eigenvalue weighted by molar-refractivity contribution is 0.112. The summed E-state index contributed by atoms with van der Waals surface area (Å²) in [6.07, 6.45) is -0.190. The van der Waals surface area contributed by atoms with E-state index >= 15 is 0 Å². The fourth-order valence-corrected chi connectivity index (χ4v) is 1.35. The Kier molecular flexibility index (Phi) is 3.78. The zero-order valence-electron chi connectivity index (χ0n) is 8.05. The highest BCUT2D eigenvalue weighted by Gasteiger charge is 2.11. The van der Waals surface area contributed by atoms with Crippen molar-refractivity contribution in [3.8, 4) is 0 Å². The van der Waals surface area contributed by atoms with Crippen LogP contribution in [0.2, 0.25) is 0 Å². The molecule has 1 rings (SSSR count). The van der Waals surface area contributed by atoms with Gasteiger partial charge in [0.1, 0.15) is 11.9 Å². The summed E-state index contributed by atoms with van der Waals surface area (Å²) in [5.41, 5.74) is 0.403. The van der Waals surface area contributed by atoms with Crippen molar-refractivity contribution >= 4 is 10.1 Å². The van der Waals surface area contributed by atoms with Crippen LogP contribution in [0.3, 0.4) is 0 Å². The van der Waals surface area contributed by atoms with Crippen LogP contribution in [0.15, 0.2) is 24.3 Å². The minimum Gasteiger partial charge on any atom is -0.386 e. The zero-order chi connectivity index (χ0) is 11.5. The first kappa shape index (κ1) is 12.1. The van der Waals surface area contributed by atoms with Gasteiger partial charge in [0, 0.05) is 0 Å². The van der Waals surface area contributed by atoms with Crippen LogP contribution >= 0.6 is 0 Å². The van der Waals surface area contributed by atoms with Crippen LogP contribution in [-0.2, 0) is 14.3 Å². The van der Waals surface area contributed by atoms with Gasteiger partial charge in [0.25, 0.3) is 10.1 Å². The van der Waals surface area contributed by atoms with E-state index in [9.17, 15) is 17.9 Å². The number of aliphatic hydroxyl groups excluding tert-OH is 1. The first-order valence-corrected chi connectivity index (χ1v) is 5.98. The fraction of sp³-hybridized carbons (Fsp3) is 0.333. The van der Waals surface area contributed by atoms with Crippen molar-refractivity contribution in [1.29, 1.82) is 0 Å². The molecule has 0 heterocycles. The molecule has 0 spiro atoms. The molecule has 1 aromatic carbocycles. The highest BCUT2D eigenvalue weighted by molar-refractivity contribution is 7.85. The summed E-state index contributed by atoms with van der Waals surface area (Å²) in [7, 11) is -3.57. The Hall–Kier alpha value is -0.980. The van der Waals surface area contributed by atoms with Crippen molar-refractivity contribution < 1.29 is 22.1 Å². The number of aliphatic hydroxyl groups is 1. The van der Waals surface area contributed by atoms with Crippen LogP contribution in [0.25, 0.3) is 0 Å². The highest BCUT2D eigenvalue weighted by atomic mass is 32.2. The van der Waals surface area contributed by atoms with E-state index in [4.69, 9.17) is 0 Å². The molecule has 0 aliphatic carbocycles. The molecule has 1 N–H and O–H groups in total. The quantitative estimate of drug-likeness (QED) is 0.784. The Morgan fingerprint density at radius 2 is 1.93 bits per heavy atom. The maximum atomic E-state index is 12.5. The molecule has 1 aromatic rings. The maximum absolute atomic E-state index is 12.5. The smallest absolute Gasteiger partial charge is 0.264 e. The molecule has 0 aromatic heterocycles. The minimum atomic E-state index is -3.57. The second kappa shape index (κ2) is 4.69. The first-order chi connectivity index (χ1) is 6.88. The summed E-state index contributed by atoms with van der Waals surface area (Å²) < 4.78 is 38.2. The van der Waals surface area contributed by atoms with E-state index in [0.29, 0.717) is 5.56 Å². The Morgan fingerprint density at radius 1 is 1.40 bits per heavy atom. The lowest BCUT2D eigenvalue weighted by Gasteiger charge is -2.09. The van der Waals surface area contributed by atoms with Gasteiger partial charge in [-0.25, -0.2) is 4.39 Å². The zero-order valence-corrected chi connectivity index (χ0v) is 8.87. The Bertz CT molecular complexity index is 412. The van der Waals surface area contributed by atoms with Crippen LogP contribution in [0, 0.1) is 5.82 Å². The third-order valence-corrected chi connectivity index (χ3v) is 2.26. The molecule has 0 amide bonds. The molecule has 0 unspecified atom stereocenters. The van der Waals surface area contributed by atoms with Crippen molar-refractivity contribution in [3.05, 3.63) is 35.6 Å². The van der Waals surface area contributed by atoms with Gasteiger partial charge in [-0.05, 0) is 17.7 Å². The largest absolute Gasteiger partial charge is 0.386 e. The van der Waals surface area contributed by atoms with Gasteiger partial charge < -0.3 is 5.11 Å². The Balaban J connectivity index is 2.61. The van der Waals surface area contributed by atoms with Crippen LogP contribution in [0.4, 0.5) is 4.39 Å². The number of hydrogen-bond donors (Lipinski definition) is 1. The third-order valence-electron chi connectivity index (χ3n) is 1.69. The molecule has 84 valence electrons. The van der Waals surface area contributed by atoms with Gasteiger partial charge >= 0.3 is 0 Å². The number of benzene rings is 1. The molecule has 15 heavy (non-hydrogen) atoms. The fourth-order valence-electron chi connectivity index (χ4n) is 0.969. The summed E-state index contributed by atoms with van der Waals surface area (Å²) >= 11 is 0. The first-order valence-electron chi connectivity index (χ1n) is 4.16. The molecular weight excluding hydrogens is 223 g/mol. The van der Waals surface area contributed by atoms with Gasteiger partial charge in [0.2, 0.25) is 0 Å². The Labute approximate surface area is 87.4 Å². The van der Waals surface area contributed by atoms with Crippen LogP contribution in [0.1, 0.15) is 11.7 Å². The molecule has 0 bridgehead atoms. The summed E-state index contributed by atoms with van der Waals surface area (Å²) in [5.74, 6) is -0.421. The van der Waals surface area contributed by atoms with E-state index in [1.807, 2.05) is 0 Å². The molecule has 4 nitrogen and oxygen atoms in total. The lowest BCUT2D eigenvalue weighted by atomic mass is 10.1. The molecule has 1 atom stereocenters. The van der Waals surface area contributed by atoms with Crippen molar-refractivity contribution in [3.63, 3.8) is 0 Å². The van der Waals surface area contributed by atoms with Crippen LogP contribution < -0.4 is 0 Å². The van der Waals surface area contributed by atoms with E-state index in [2.05, 4.69) is 4.18 Å². The summed E-state index contributed by atoms with van der Waals surface area (Å²) in [5, 5.41) is 9.46. The van der Waals surface area contributed by atoms with Gasteiger partial charge in [-0.3, -0.25) is 4.18 Å². The van der Waals surface area contributed by atoms with E-state index in [1.54, 1.807) is 0 Å². The van der Waals surface area contributed by atoms with E-state index in [1.165, 1.54) is 24.3 Å². The maximum Gasteiger partial charge on any atom is 0.264 e. The number of hydrogen-bond acceptors (Lipinski definition) is 4. The molecule has 0 radical (unpaired) electrons. The molecule has 0 aliphatic heterocycles. The van der Waals surface area contributed by atoms with Crippen molar-refractivity contribution in [1.82, 2.24) is 0 Å². The molecule has 6 heteroatoms. The van der Waals surface area contributed by atoms with Crippen molar-refractivity contribution in [2.24, 2.45) is 0 Å². The highest BCUT2D eigenvalue weighted by Crippen LogP contribution is 2.14. The topological polar surface area (TPSA) is 63.6 Å². The monoisotopic (exact) mass is 234 g/mol. The minimum absolute atomic E-state index is 0.371. The van der Waals surface area contributed by atoms with Gasteiger partial charge in [0.05, 0.1) is 12.9 Å². The molecular formula is C9H11FO4S. The van der Waals surface area contributed by atoms with Gasteiger partial charge in [-0.2, -0.15) is 8.42 Å². The average Bonchev–Trinajstić information content (AvgIpc) is 2.14. The summed E-state index contributed by atoms with van der Waals surface area (Å²) in [6.45, 7) is -0.371. The predicted octanol–water partition coefficient (Wildman–Crippen LogP) is 0.835. The van der Waals surface area contributed by atoms with E-state index in [0.717, 1.165) is 6.26 Å². The van der Waals surface area contributed by atoms with Crippen molar-refractivity contribution in [2.75, 3.05) is 12.9 Å². The van der Waals surface area contributed by atoms with Crippen molar-refractivity contribution in [2.45, 2.75) is 6.10 Å². The van der Waals surface area contributed by atoms with Crippen LogP contribution in [0.5, 0.6) is 0 Å². The molecule has 0 aliphatic rings. The molecule has 0 fully saturated rings. The normalized spacial score (nSPS) is 13.8. The third kappa shape index (κ3) is 4.37. The van der Waals surface area contributed by atoms with Gasteiger partial charge in [-0.1, -0.05) is 12.1 Å². The average molecular weight is 234 g/mol. The van der Waals surface area contributed by atoms with E-state index in [-0.39, 0.29) is 6.61 Å². The SMILES string of the molecule is CS(=O)(=O)OC[C@@H](O)c1ccc(F)cc1. The van der Waals surface area contributed by atoms with Gasteiger partial charge in [-0.15, -0.1) is 0 Å². The van der Waals surface area contributed by atoms with E-state index < -0.39 is 22.0 Å². The summed E-state index contributed by atoms with van der Waals surface area (Å²) in [6, 6.07) is 5.09. The molecule has 0 saturated heterocycles. The number of rotatable bonds is 4. The number of halogens is 1. The second-order valence-electron chi connectivity index (χ2n) is 3.06.